The first kappa shape index (κ1) is 19.4. The van der Waals surface area contributed by atoms with Gasteiger partial charge in [-0.25, -0.2) is 9.67 Å². The number of tetrazole rings is 1. The number of amides is 1. The molecule has 8 nitrogen and oxygen atoms in total. The smallest absolute Gasteiger partial charge is 0.265 e. The first-order chi connectivity index (χ1) is 13.4. The molecule has 28 heavy (non-hydrogen) atoms. The van der Waals surface area contributed by atoms with E-state index in [2.05, 4.69) is 39.5 Å². The van der Waals surface area contributed by atoms with Crippen molar-refractivity contribution in [2.24, 2.45) is 0 Å². The number of hydrogen-bond acceptors (Lipinski definition) is 7. The monoisotopic (exact) mass is 403 g/mol. The minimum atomic E-state index is -0.367. The van der Waals surface area contributed by atoms with E-state index in [1.165, 1.54) is 24.2 Å². The third-order valence-electron chi connectivity index (χ3n) is 6.29. The Morgan fingerprint density at radius 2 is 1.96 bits per heavy atom. The third-order valence-corrected chi connectivity index (χ3v) is 7.35. The van der Waals surface area contributed by atoms with Gasteiger partial charge in [-0.3, -0.25) is 9.69 Å². The minimum absolute atomic E-state index is 0.0777. The Bertz CT molecular complexity index is 854. The number of likely N-dealkylation sites (N-methyl/N-ethyl adjacent to an activating group) is 1. The van der Waals surface area contributed by atoms with Crippen LogP contribution >= 0.6 is 11.3 Å². The molecule has 1 saturated heterocycles. The number of hydrogen-bond donors (Lipinski definition) is 0. The summed E-state index contributed by atoms with van der Waals surface area (Å²) >= 11 is 1.48. The molecule has 0 radical (unpaired) electrons. The number of rotatable bonds is 4. The Balaban J connectivity index is 1.67. The van der Waals surface area contributed by atoms with Gasteiger partial charge < -0.3 is 4.90 Å². The van der Waals surface area contributed by atoms with Crippen molar-refractivity contribution >= 4 is 17.2 Å². The van der Waals surface area contributed by atoms with Gasteiger partial charge in [-0.15, -0.1) is 16.4 Å². The summed E-state index contributed by atoms with van der Waals surface area (Å²) in [6.07, 6.45) is 6.59. The molecule has 1 saturated carbocycles. The molecule has 1 atom stereocenters. The van der Waals surface area contributed by atoms with Gasteiger partial charge in [0.25, 0.3) is 5.91 Å². The standard InChI is InChI=1S/C19H29N7OS/c1-13-16(28-14(2)20-13)17(27)25-11-7-10-19(12-25,24(3)4)18-21-22-23-26(18)15-8-5-6-9-15/h15H,5-12H2,1-4H3. The minimum Gasteiger partial charge on any atom is -0.336 e. The van der Waals surface area contributed by atoms with Crippen LogP contribution < -0.4 is 0 Å². The molecule has 3 heterocycles. The lowest BCUT2D eigenvalue weighted by molar-refractivity contribution is 0.0252. The maximum absolute atomic E-state index is 13.3. The zero-order chi connectivity index (χ0) is 19.9. The van der Waals surface area contributed by atoms with Crippen LogP contribution in [0.1, 0.15) is 70.8 Å². The zero-order valence-corrected chi connectivity index (χ0v) is 18.0. The van der Waals surface area contributed by atoms with Gasteiger partial charge in [-0.1, -0.05) is 12.8 Å². The van der Waals surface area contributed by atoms with E-state index >= 15 is 0 Å². The van der Waals surface area contributed by atoms with Crippen LogP contribution in [0.2, 0.25) is 0 Å². The zero-order valence-electron chi connectivity index (χ0n) is 17.2. The van der Waals surface area contributed by atoms with Crippen molar-refractivity contribution in [3.8, 4) is 0 Å². The van der Waals surface area contributed by atoms with Crippen molar-refractivity contribution in [1.82, 2.24) is 35.0 Å². The fourth-order valence-electron chi connectivity index (χ4n) is 4.73. The Labute approximate surface area is 169 Å². The number of thiazole rings is 1. The number of piperidine rings is 1. The number of aryl methyl sites for hydroxylation is 2. The van der Waals surface area contributed by atoms with Crippen molar-refractivity contribution in [1.29, 1.82) is 0 Å². The maximum atomic E-state index is 13.3. The Morgan fingerprint density at radius 3 is 2.61 bits per heavy atom. The van der Waals surface area contributed by atoms with Crippen LogP contribution in [0.5, 0.6) is 0 Å². The van der Waals surface area contributed by atoms with E-state index in [1.54, 1.807) is 0 Å². The van der Waals surface area contributed by atoms with Gasteiger partial charge in [0.1, 0.15) is 10.4 Å². The van der Waals surface area contributed by atoms with Crippen molar-refractivity contribution in [3.05, 3.63) is 21.4 Å². The Hall–Kier alpha value is -1.87. The Kier molecular flexibility index (Phi) is 5.22. The van der Waals surface area contributed by atoms with Crippen molar-refractivity contribution in [2.75, 3.05) is 27.2 Å². The van der Waals surface area contributed by atoms with Crippen molar-refractivity contribution < 1.29 is 4.79 Å². The Morgan fingerprint density at radius 1 is 1.21 bits per heavy atom. The molecule has 1 aliphatic heterocycles. The molecule has 1 amide bonds. The first-order valence-corrected chi connectivity index (χ1v) is 10.9. The van der Waals surface area contributed by atoms with E-state index in [1.807, 2.05) is 23.4 Å². The second-order valence-electron chi connectivity index (χ2n) is 8.29. The number of carbonyl (C=O) groups is 1. The van der Waals surface area contributed by atoms with E-state index in [4.69, 9.17) is 0 Å². The van der Waals surface area contributed by atoms with Crippen molar-refractivity contribution in [2.45, 2.75) is 64.0 Å². The van der Waals surface area contributed by atoms with Crippen LogP contribution in [-0.2, 0) is 5.54 Å². The van der Waals surface area contributed by atoms with E-state index in [0.29, 0.717) is 12.6 Å². The lowest BCUT2D eigenvalue weighted by Gasteiger charge is -2.46. The molecule has 152 valence electrons. The number of carbonyl (C=O) groups excluding carboxylic acids is 1. The molecule has 0 spiro atoms. The molecule has 2 aliphatic rings. The summed E-state index contributed by atoms with van der Waals surface area (Å²) in [5.41, 5.74) is 0.456. The SMILES string of the molecule is Cc1nc(C)c(C(=O)N2CCCC(c3nnnn3C3CCCC3)(N(C)C)C2)s1. The average Bonchev–Trinajstić information content (AvgIpc) is 3.41. The molecule has 4 rings (SSSR count). The van der Waals surface area contributed by atoms with Gasteiger partial charge in [-0.05, 0) is 64.1 Å². The van der Waals surface area contributed by atoms with Crippen LogP contribution in [0.4, 0.5) is 0 Å². The summed E-state index contributed by atoms with van der Waals surface area (Å²) in [6.45, 7) is 5.23. The molecule has 2 aromatic heterocycles. The quantitative estimate of drug-likeness (QED) is 0.780. The molecule has 0 N–H and O–H groups in total. The van der Waals surface area contributed by atoms with Crippen LogP contribution in [-0.4, -0.2) is 68.1 Å². The molecule has 1 unspecified atom stereocenters. The highest BCUT2D eigenvalue weighted by Gasteiger charge is 2.46. The summed E-state index contributed by atoms with van der Waals surface area (Å²) in [4.78, 5) is 22.6. The van der Waals surface area contributed by atoms with Crippen LogP contribution in [0.15, 0.2) is 0 Å². The average molecular weight is 404 g/mol. The van der Waals surface area contributed by atoms with Crippen LogP contribution in [0, 0.1) is 13.8 Å². The maximum Gasteiger partial charge on any atom is 0.265 e. The molecular formula is C19H29N7OS. The predicted molar refractivity (Wildman–Crippen MR) is 107 cm³/mol. The topological polar surface area (TPSA) is 80.0 Å². The number of likely N-dealkylation sites (tertiary alicyclic amines) is 1. The summed E-state index contributed by atoms with van der Waals surface area (Å²) in [7, 11) is 4.15. The second-order valence-corrected chi connectivity index (χ2v) is 9.49. The fourth-order valence-corrected chi connectivity index (χ4v) is 5.61. The lowest BCUT2D eigenvalue weighted by Crippen LogP contribution is -2.56. The summed E-state index contributed by atoms with van der Waals surface area (Å²) < 4.78 is 2.04. The summed E-state index contributed by atoms with van der Waals surface area (Å²) in [6, 6.07) is 0.374. The number of nitrogens with zero attached hydrogens (tertiary/aromatic N) is 7. The van der Waals surface area contributed by atoms with E-state index in [-0.39, 0.29) is 11.4 Å². The lowest BCUT2D eigenvalue weighted by atomic mass is 9.86. The van der Waals surface area contributed by atoms with E-state index < -0.39 is 0 Å². The van der Waals surface area contributed by atoms with Gasteiger partial charge in [0.2, 0.25) is 0 Å². The van der Waals surface area contributed by atoms with E-state index in [9.17, 15) is 4.79 Å². The molecule has 2 aromatic rings. The third kappa shape index (κ3) is 3.24. The molecule has 0 bridgehead atoms. The fraction of sp³-hybridized carbons (Fsp3) is 0.737. The van der Waals surface area contributed by atoms with Gasteiger partial charge in [-0.2, -0.15) is 0 Å². The highest BCUT2D eigenvalue weighted by atomic mass is 32.1. The number of aromatic nitrogens is 5. The largest absolute Gasteiger partial charge is 0.336 e. The summed E-state index contributed by atoms with van der Waals surface area (Å²) in [5.74, 6) is 0.980. The molecule has 2 fully saturated rings. The molecule has 1 aliphatic carbocycles. The summed E-state index contributed by atoms with van der Waals surface area (Å²) in [5, 5.41) is 13.8. The predicted octanol–water partition coefficient (Wildman–Crippen LogP) is 2.55. The normalized spacial score (nSPS) is 23.7. The van der Waals surface area contributed by atoms with Crippen molar-refractivity contribution in [3.63, 3.8) is 0 Å². The van der Waals surface area contributed by atoms with Gasteiger partial charge in [0.05, 0.1) is 16.7 Å². The first-order valence-electron chi connectivity index (χ1n) is 10.1. The van der Waals surface area contributed by atoms with Crippen LogP contribution in [0.3, 0.4) is 0 Å². The van der Waals surface area contributed by atoms with E-state index in [0.717, 1.165) is 53.6 Å². The highest BCUT2D eigenvalue weighted by molar-refractivity contribution is 7.13. The van der Waals surface area contributed by atoms with Gasteiger partial charge in [0.15, 0.2) is 5.82 Å². The molecule has 0 aromatic carbocycles. The second kappa shape index (κ2) is 7.51. The molecule has 9 heteroatoms. The van der Waals surface area contributed by atoms with Crippen LogP contribution in [0.25, 0.3) is 0 Å². The van der Waals surface area contributed by atoms with Gasteiger partial charge >= 0.3 is 0 Å². The molecular weight excluding hydrogens is 374 g/mol. The van der Waals surface area contributed by atoms with Gasteiger partial charge in [0, 0.05) is 13.1 Å². The highest BCUT2D eigenvalue weighted by Crippen LogP contribution is 2.39.